The number of hydrogen-bond donors (Lipinski definition) is 3. The molecular weight excluding hydrogens is 252 g/mol. The molecule has 0 aliphatic carbocycles. The second-order valence-corrected chi connectivity index (χ2v) is 4.55. The van der Waals surface area contributed by atoms with E-state index in [1.807, 2.05) is 13.0 Å². The maximum atomic E-state index is 12.0. The van der Waals surface area contributed by atoms with E-state index in [-0.39, 0.29) is 30.0 Å². The van der Waals surface area contributed by atoms with Crippen LogP contribution in [-0.4, -0.2) is 24.1 Å². The van der Waals surface area contributed by atoms with E-state index >= 15 is 0 Å². The summed E-state index contributed by atoms with van der Waals surface area (Å²) in [5, 5.41) is 15.6. The van der Waals surface area contributed by atoms with Gasteiger partial charge in [-0.2, -0.15) is 0 Å². The Morgan fingerprint density at radius 3 is 2.94 bits per heavy atom. The van der Waals surface area contributed by atoms with Crippen molar-refractivity contribution in [3.63, 3.8) is 0 Å². The van der Waals surface area contributed by atoms with Gasteiger partial charge in [0.2, 0.25) is 5.91 Å². The van der Waals surface area contributed by atoms with E-state index < -0.39 is 0 Å². The summed E-state index contributed by atoms with van der Waals surface area (Å²) in [6, 6.07) is 5.20. The third-order valence-electron chi connectivity index (χ3n) is 3.08. The molecule has 5 heteroatoms. The molecule has 4 nitrogen and oxygen atoms in total. The van der Waals surface area contributed by atoms with Gasteiger partial charge in [-0.1, -0.05) is 6.07 Å². The van der Waals surface area contributed by atoms with Crippen LogP contribution in [-0.2, 0) is 4.79 Å². The predicted octanol–water partition coefficient (Wildman–Crippen LogP) is 2.06. The summed E-state index contributed by atoms with van der Waals surface area (Å²) in [6.45, 7) is 3.63. The SMILES string of the molecule is Cc1ccc(O)c(NC(=O)C2CCCNC2)c1.Cl. The summed E-state index contributed by atoms with van der Waals surface area (Å²) in [4.78, 5) is 12.0. The molecule has 0 spiro atoms. The van der Waals surface area contributed by atoms with Crippen molar-refractivity contribution in [2.75, 3.05) is 18.4 Å². The molecule has 1 aliphatic heterocycles. The van der Waals surface area contributed by atoms with Gasteiger partial charge in [-0.3, -0.25) is 4.79 Å². The van der Waals surface area contributed by atoms with Crippen LogP contribution in [0, 0.1) is 12.8 Å². The molecule has 18 heavy (non-hydrogen) atoms. The first-order valence-corrected chi connectivity index (χ1v) is 5.98. The summed E-state index contributed by atoms with van der Waals surface area (Å²) in [5.74, 6) is 0.106. The lowest BCUT2D eigenvalue weighted by Gasteiger charge is -2.22. The highest BCUT2D eigenvalue weighted by Crippen LogP contribution is 2.25. The average Bonchev–Trinajstić information content (AvgIpc) is 2.35. The lowest BCUT2D eigenvalue weighted by Crippen LogP contribution is -2.37. The fourth-order valence-corrected chi connectivity index (χ4v) is 2.06. The van der Waals surface area contributed by atoms with Crippen molar-refractivity contribution in [3.8, 4) is 5.75 Å². The van der Waals surface area contributed by atoms with Gasteiger partial charge >= 0.3 is 0 Å². The minimum atomic E-state index is -0.0156. The molecule has 1 atom stereocenters. The smallest absolute Gasteiger partial charge is 0.228 e. The molecule has 1 saturated heterocycles. The zero-order chi connectivity index (χ0) is 12.3. The van der Waals surface area contributed by atoms with Crippen LogP contribution >= 0.6 is 12.4 Å². The number of aryl methyl sites for hydroxylation is 1. The number of phenols is 1. The van der Waals surface area contributed by atoms with Crippen LogP contribution in [0.15, 0.2) is 18.2 Å². The second kappa shape index (κ2) is 6.61. The van der Waals surface area contributed by atoms with Crippen LogP contribution in [0.5, 0.6) is 5.75 Å². The molecule has 1 aromatic rings. The molecule has 0 bridgehead atoms. The van der Waals surface area contributed by atoms with E-state index in [0.717, 1.165) is 31.5 Å². The Kier molecular flexibility index (Phi) is 5.44. The molecule has 1 fully saturated rings. The van der Waals surface area contributed by atoms with E-state index in [2.05, 4.69) is 10.6 Å². The molecule has 2 rings (SSSR count). The van der Waals surface area contributed by atoms with Gasteiger partial charge in [0, 0.05) is 6.54 Å². The summed E-state index contributed by atoms with van der Waals surface area (Å²) in [7, 11) is 0. The van der Waals surface area contributed by atoms with Crippen LogP contribution in [0.25, 0.3) is 0 Å². The summed E-state index contributed by atoms with van der Waals surface area (Å²) >= 11 is 0. The van der Waals surface area contributed by atoms with Gasteiger partial charge in [0.25, 0.3) is 0 Å². The zero-order valence-corrected chi connectivity index (χ0v) is 11.2. The Bertz CT molecular complexity index is 417. The Hall–Kier alpha value is -1.26. The third kappa shape index (κ3) is 3.62. The molecule has 0 saturated carbocycles. The Morgan fingerprint density at radius 2 is 2.28 bits per heavy atom. The largest absolute Gasteiger partial charge is 0.506 e. The van der Waals surface area contributed by atoms with Crippen molar-refractivity contribution in [1.29, 1.82) is 0 Å². The van der Waals surface area contributed by atoms with Crippen molar-refractivity contribution in [2.45, 2.75) is 19.8 Å². The number of benzene rings is 1. The monoisotopic (exact) mass is 270 g/mol. The summed E-state index contributed by atoms with van der Waals surface area (Å²) in [5.41, 5.74) is 1.51. The third-order valence-corrected chi connectivity index (χ3v) is 3.08. The lowest BCUT2D eigenvalue weighted by molar-refractivity contribution is -0.120. The van der Waals surface area contributed by atoms with Gasteiger partial charge in [-0.05, 0) is 44.0 Å². The van der Waals surface area contributed by atoms with Crippen molar-refractivity contribution in [3.05, 3.63) is 23.8 Å². The first-order valence-electron chi connectivity index (χ1n) is 5.98. The first-order chi connectivity index (χ1) is 8.16. The molecule has 3 N–H and O–H groups in total. The van der Waals surface area contributed by atoms with Crippen LogP contribution in [0.1, 0.15) is 18.4 Å². The Labute approximate surface area is 113 Å². The Balaban J connectivity index is 0.00000162. The van der Waals surface area contributed by atoms with Gasteiger partial charge < -0.3 is 15.7 Å². The highest BCUT2D eigenvalue weighted by Gasteiger charge is 2.21. The van der Waals surface area contributed by atoms with Crippen molar-refractivity contribution in [1.82, 2.24) is 5.32 Å². The first kappa shape index (κ1) is 14.8. The van der Waals surface area contributed by atoms with Gasteiger partial charge in [0.15, 0.2) is 0 Å². The minimum Gasteiger partial charge on any atom is -0.506 e. The molecule has 1 unspecified atom stereocenters. The molecule has 1 heterocycles. The van der Waals surface area contributed by atoms with Crippen LogP contribution < -0.4 is 10.6 Å². The lowest BCUT2D eigenvalue weighted by atomic mass is 9.98. The average molecular weight is 271 g/mol. The maximum absolute atomic E-state index is 12.0. The number of amides is 1. The van der Waals surface area contributed by atoms with Crippen LogP contribution in [0.3, 0.4) is 0 Å². The number of carbonyl (C=O) groups is 1. The van der Waals surface area contributed by atoms with E-state index in [1.54, 1.807) is 12.1 Å². The number of aromatic hydroxyl groups is 1. The van der Waals surface area contributed by atoms with E-state index in [0.29, 0.717) is 5.69 Å². The number of hydrogen-bond acceptors (Lipinski definition) is 3. The standard InChI is InChI=1S/C13H18N2O2.ClH/c1-9-4-5-12(16)11(7-9)15-13(17)10-3-2-6-14-8-10;/h4-5,7,10,14,16H,2-3,6,8H2,1H3,(H,15,17);1H. The van der Waals surface area contributed by atoms with Crippen molar-refractivity contribution < 1.29 is 9.90 Å². The van der Waals surface area contributed by atoms with Crippen molar-refractivity contribution in [2.24, 2.45) is 5.92 Å². The molecule has 1 aromatic carbocycles. The van der Waals surface area contributed by atoms with Crippen LogP contribution in [0.2, 0.25) is 0 Å². The topological polar surface area (TPSA) is 61.4 Å². The molecule has 0 aromatic heterocycles. The molecule has 1 amide bonds. The molecule has 100 valence electrons. The minimum absolute atomic E-state index is 0. The summed E-state index contributed by atoms with van der Waals surface area (Å²) in [6.07, 6.45) is 1.93. The van der Waals surface area contributed by atoms with E-state index in [1.165, 1.54) is 0 Å². The highest BCUT2D eigenvalue weighted by atomic mass is 35.5. The van der Waals surface area contributed by atoms with Gasteiger partial charge in [0.05, 0.1) is 11.6 Å². The number of piperidine rings is 1. The van der Waals surface area contributed by atoms with E-state index in [9.17, 15) is 9.90 Å². The van der Waals surface area contributed by atoms with Crippen LogP contribution in [0.4, 0.5) is 5.69 Å². The van der Waals surface area contributed by atoms with Gasteiger partial charge in [-0.15, -0.1) is 12.4 Å². The normalized spacial score (nSPS) is 18.8. The number of halogens is 1. The quantitative estimate of drug-likeness (QED) is 0.721. The number of phenolic OH excluding ortho intramolecular Hbond substituents is 1. The Morgan fingerprint density at radius 1 is 1.50 bits per heavy atom. The van der Waals surface area contributed by atoms with Gasteiger partial charge in [-0.25, -0.2) is 0 Å². The second-order valence-electron chi connectivity index (χ2n) is 4.55. The number of nitrogens with one attached hydrogen (secondary N) is 2. The number of anilines is 1. The predicted molar refractivity (Wildman–Crippen MR) is 74.3 cm³/mol. The number of carbonyl (C=O) groups excluding carboxylic acids is 1. The fourth-order valence-electron chi connectivity index (χ4n) is 2.06. The van der Waals surface area contributed by atoms with Gasteiger partial charge in [0.1, 0.15) is 5.75 Å². The van der Waals surface area contributed by atoms with E-state index in [4.69, 9.17) is 0 Å². The molecule has 1 aliphatic rings. The highest BCUT2D eigenvalue weighted by molar-refractivity contribution is 5.94. The fraction of sp³-hybridized carbons (Fsp3) is 0.462. The number of rotatable bonds is 2. The molecule has 0 radical (unpaired) electrons. The summed E-state index contributed by atoms with van der Waals surface area (Å²) < 4.78 is 0. The molecular formula is C13H19ClN2O2. The maximum Gasteiger partial charge on any atom is 0.228 e. The van der Waals surface area contributed by atoms with Crippen molar-refractivity contribution >= 4 is 24.0 Å². The zero-order valence-electron chi connectivity index (χ0n) is 10.4.